The van der Waals surface area contributed by atoms with Crippen molar-refractivity contribution in [2.75, 3.05) is 18.6 Å². The lowest BCUT2D eigenvalue weighted by Crippen LogP contribution is -2.35. The summed E-state index contributed by atoms with van der Waals surface area (Å²) in [5.41, 5.74) is 3.15. The van der Waals surface area contributed by atoms with Gasteiger partial charge in [-0.1, -0.05) is 6.42 Å². The molecule has 1 aliphatic heterocycles. The van der Waals surface area contributed by atoms with E-state index in [1.807, 2.05) is 16.7 Å². The number of nitrogens with zero attached hydrogens (tertiary/aromatic N) is 3. The van der Waals surface area contributed by atoms with Gasteiger partial charge in [-0.05, 0) is 62.4 Å². The monoisotopic (exact) mass is 531 g/mol. The summed E-state index contributed by atoms with van der Waals surface area (Å²) in [6.45, 7) is -2.58. The fourth-order valence-corrected chi connectivity index (χ4v) is 5.81. The summed E-state index contributed by atoms with van der Waals surface area (Å²) in [7, 11) is 1.32. The van der Waals surface area contributed by atoms with Crippen LogP contribution in [-0.2, 0) is 22.4 Å². The van der Waals surface area contributed by atoms with E-state index in [9.17, 15) is 27.9 Å². The number of aliphatic carboxylic acids is 1. The van der Waals surface area contributed by atoms with Gasteiger partial charge in [0.25, 0.3) is 0 Å². The van der Waals surface area contributed by atoms with Crippen molar-refractivity contribution in [1.82, 2.24) is 9.55 Å². The fourth-order valence-electron chi connectivity index (χ4n) is 5.81. The van der Waals surface area contributed by atoms with Crippen LogP contribution in [0.1, 0.15) is 55.1 Å². The highest BCUT2D eigenvalue weighted by atomic mass is 19.3. The van der Waals surface area contributed by atoms with Crippen LogP contribution in [0, 0.1) is 11.7 Å². The molecule has 1 N–H and O–H groups in total. The number of hydrogen-bond acceptors (Lipinski definition) is 5. The Labute approximate surface area is 217 Å². The number of imidazole rings is 1. The number of hydrogen-bond donors (Lipinski definition) is 1. The maximum Gasteiger partial charge on any atom is 0.414 e. The van der Waals surface area contributed by atoms with Gasteiger partial charge >= 0.3 is 18.7 Å². The van der Waals surface area contributed by atoms with Crippen LogP contribution >= 0.6 is 0 Å². The van der Waals surface area contributed by atoms with Crippen molar-refractivity contribution in [2.24, 2.45) is 5.92 Å². The molecule has 0 spiro atoms. The summed E-state index contributed by atoms with van der Waals surface area (Å²) < 4.78 is 51.9. The third-order valence-electron chi connectivity index (χ3n) is 7.46. The number of carboxylic acid groups (broad SMARTS) is 1. The first-order valence-corrected chi connectivity index (χ1v) is 12.6. The molecule has 1 aromatic heterocycles. The molecule has 2 unspecified atom stereocenters. The molecule has 2 atom stereocenters. The molecular weight excluding hydrogens is 503 g/mol. The highest BCUT2D eigenvalue weighted by Crippen LogP contribution is 2.40. The Morgan fingerprint density at radius 2 is 2.00 bits per heavy atom. The number of rotatable bonds is 6. The number of ether oxygens (including phenoxy) is 2. The molecule has 0 bridgehead atoms. The molecule has 202 valence electrons. The Balaban J connectivity index is 1.66. The van der Waals surface area contributed by atoms with E-state index >= 15 is 0 Å². The zero-order valence-corrected chi connectivity index (χ0v) is 20.8. The van der Waals surface area contributed by atoms with Crippen molar-refractivity contribution in [3.8, 4) is 5.75 Å². The molecule has 5 rings (SSSR count). The number of aromatic nitrogens is 2. The summed E-state index contributed by atoms with van der Waals surface area (Å²) in [6, 6.07) is 6.86. The lowest BCUT2D eigenvalue weighted by Gasteiger charge is -2.30. The van der Waals surface area contributed by atoms with Gasteiger partial charge in [-0.15, -0.1) is 0 Å². The number of alkyl halides is 2. The lowest BCUT2D eigenvalue weighted by molar-refractivity contribution is -0.143. The van der Waals surface area contributed by atoms with Crippen LogP contribution in [-0.4, -0.2) is 47.0 Å². The second-order valence-electron chi connectivity index (χ2n) is 9.72. The third-order valence-corrected chi connectivity index (χ3v) is 7.46. The number of carbonyl (C=O) groups is 2. The van der Waals surface area contributed by atoms with Crippen molar-refractivity contribution in [1.29, 1.82) is 0 Å². The van der Waals surface area contributed by atoms with E-state index in [0.29, 0.717) is 55.7 Å². The molecule has 1 saturated carbocycles. The summed E-state index contributed by atoms with van der Waals surface area (Å²) in [6.07, 6.45) is 3.28. The van der Waals surface area contributed by atoms with Gasteiger partial charge in [0.05, 0.1) is 29.7 Å². The second kappa shape index (κ2) is 10.5. The van der Waals surface area contributed by atoms with Gasteiger partial charge in [0, 0.05) is 30.1 Å². The van der Waals surface area contributed by atoms with Crippen LogP contribution in [0.3, 0.4) is 0 Å². The predicted octanol–water partition coefficient (Wildman–Crippen LogP) is 5.70. The molecule has 8 nitrogen and oxygen atoms in total. The molecule has 1 aliphatic carbocycles. The Kier molecular flexibility index (Phi) is 7.18. The van der Waals surface area contributed by atoms with Crippen molar-refractivity contribution < 1.29 is 37.3 Å². The van der Waals surface area contributed by atoms with Crippen molar-refractivity contribution in [2.45, 2.75) is 57.6 Å². The van der Waals surface area contributed by atoms with Gasteiger partial charge in [0.2, 0.25) is 0 Å². The predicted molar refractivity (Wildman–Crippen MR) is 132 cm³/mol. The molecule has 1 amide bonds. The Morgan fingerprint density at radius 3 is 2.74 bits per heavy atom. The van der Waals surface area contributed by atoms with E-state index in [2.05, 4.69) is 4.74 Å². The van der Waals surface area contributed by atoms with Crippen LogP contribution in [0.15, 0.2) is 30.3 Å². The Hall–Kier alpha value is -3.76. The van der Waals surface area contributed by atoms with E-state index in [1.165, 1.54) is 13.2 Å². The highest BCUT2D eigenvalue weighted by molar-refractivity contribution is 5.95. The summed E-state index contributed by atoms with van der Waals surface area (Å²) in [4.78, 5) is 30.7. The molecule has 0 radical (unpaired) electrons. The third kappa shape index (κ3) is 4.89. The highest BCUT2D eigenvalue weighted by Gasteiger charge is 2.32. The topological polar surface area (TPSA) is 93.9 Å². The summed E-state index contributed by atoms with van der Waals surface area (Å²) >= 11 is 0. The zero-order valence-electron chi connectivity index (χ0n) is 20.8. The van der Waals surface area contributed by atoms with Gasteiger partial charge < -0.3 is 19.1 Å². The van der Waals surface area contributed by atoms with Crippen LogP contribution in [0.4, 0.5) is 23.7 Å². The number of carbonyl (C=O) groups excluding carboxylic acids is 1. The fraction of sp³-hybridized carbons (Fsp3) is 0.444. The van der Waals surface area contributed by atoms with Crippen molar-refractivity contribution in [3.63, 3.8) is 0 Å². The molecule has 2 aromatic carbocycles. The maximum absolute atomic E-state index is 14.2. The maximum atomic E-state index is 14.2. The molecule has 11 heteroatoms. The van der Waals surface area contributed by atoms with E-state index in [0.717, 1.165) is 29.6 Å². The minimum Gasteiger partial charge on any atom is -0.481 e. The molecule has 3 aromatic rings. The van der Waals surface area contributed by atoms with Gasteiger partial charge in [-0.2, -0.15) is 8.78 Å². The number of fused-ring (bicyclic) bond motifs is 3. The van der Waals surface area contributed by atoms with Gasteiger partial charge in [-0.25, -0.2) is 14.2 Å². The van der Waals surface area contributed by atoms with Gasteiger partial charge in [0.15, 0.2) is 0 Å². The summed E-state index contributed by atoms with van der Waals surface area (Å²) in [5.74, 6) is -1.63. The molecule has 2 heterocycles. The van der Waals surface area contributed by atoms with Crippen LogP contribution < -0.4 is 9.64 Å². The van der Waals surface area contributed by atoms with Gasteiger partial charge in [-0.3, -0.25) is 9.69 Å². The molecule has 38 heavy (non-hydrogen) atoms. The van der Waals surface area contributed by atoms with E-state index < -0.39 is 30.4 Å². The van der Waals surface area contributed by atoms with Crippen LogP contribution in [0.25, 0.3) is 11.0 Å². The first kappa shape index (κ1) is 25.9. The van der Waals surface area contributed by atoms with E-state index in [4.69, 9.17) is 9.72 Å². The first-order valence-electron chi connectivity index (χ1n) is 12.6. The van der Waals surface area contributed by atoms with E-state index in [1.54, 1.807) is 4.90 Å². The quantitative estimate of drug-likeness (QED) is 0.439. The number of methoxy groups -OCH3 is 1. The minimum absolute atomic E-state index is 0.00177. The summed E-state index contributed by atoms with van der Waals surface area (Å²) in [5, 5.41) is 9.68. The minimum atomic E-state index is -3.08. The second-order valence-corrected chi connectivity index (χ2v) is 9.72. The van der Waals surface area contributed by atoms with Crippen LogP contribution in [0.2, 0.25) is 0 Å². The molecule has 0 saturated heterocycles. The number of aryl methyl sites for hydroxylation is 1. The SMILES string of the molecule is COC(=O)N1CCCc2c1ccc1c2nc(Cc2cc(F)ccc2OC(F)F)n1C1CCCC(C(=O)O)C1. The number of anilines is 1. The van der Waals surface area contributed by atoms with E-state index in [-0.39, 0.29) is 23.8 Å². The standard InChI is InChI=1S/C27H28F3N3O5/c1-37-27(36)32-11-3-6-19-20(32)8-9-21-24(19)31-23(33(21)18-5-2-4-15(13-18)25(34)35)14-16-12-17(28)7-10-22(16)38-26(29)30/h7-10,12,15,18,26H,2-6,11,13-14H2,1H3,(H,34,35). The smallest absolute Gasteiger partial charge is 0.414 e. The molecule has 2 aliphatic rings. The number of amides is 1. The Morgan fingerprint density at radius 1 is 1.18 bits per heavy atom. The zero-order chi connectivity index (χ0) is 27.0. The average Bonchev–Trinajstić information content (AvgIpc) is 3.27. The molecule has 1 fully saturated rings. The number of halogens is 3. The first-order chi connectivity index (χ1) is 18.3. The van der Waals surface area contributed by atoms with Crippen molar-refractivity contribution in [3.05, 3.63) is 53.1 Å². The average molecular weight is 532 g/mol. The van der Waals surface area contributed by atoms with Crippen LogP contribution in [0.5, 0.6) is 5.75 Å². The Bertz CT molecular complexity index is 1380. The molecular formula is C27H28F3N3O5. The largest absolute Gasteiger partial charge is 0.481 e. The number of carboxylic acids is 1. The number of benzene rings is 2. The normalized spacial score (nSPS) is 19.4. The van der Waals surface area contributed by atoms with Crippen molar-refractivity contribution >= 4 is 28.8 Å². The van der Waals surface area contributed by atoms with Gasteiger partial charge in [0.1, 0.15) is 17.4 Å². The lowest BCUT2D eigenvalue weighted by atomic mass is 9.85.